The number of alkyl halides is 3. The van der Waals surface area contributed by atoms with E-state index in [1.807, 2.05) is 18.2 Å². The highest BCUT2D eigenvalue weighted by Gasteiger charge is 2.31. The van der Waals surface area contributed by atoms with Crippen LogP contribution in [-0.4, -0.2) is 19.0 Å². The first kappa shape index (κ1) is 14.7. The van der Waals surface area contributed by atoms with Gasteiger partial charge >= 0.3 is 6.36 Å². The van der Waals surface area contributed by atoms with E-state index < -0.39 is 6.36 Å². The van der Waals surface area contributed by atoms with Crippen LogP contribution in [0.5, 0.6) is 11.5 Å². The molecule has 1 aliphatic rings. The van der Waals surface area contributed by atoms with Crippen LogP contribution >= 0.6 is 0 Å². The Hall–Kier alpha value is -2.21. The summed E-state index contributed by atoms with van der Waals surface area (Å²) in [6, 6.07) is 11.5. The largest absolute Gasteiger partial charge is 0.573 e. The Balaban J connectivity index is 1.88. The molecule has 0 bridgehead atoms. The van der Waals surface area contributed by atoms with Crippen molar-refractivity contribution in [3.63, 3.8) is 0 Å². The van der Waals surface area contributed by atoms with Crippen LogP contribution in [0.3, 0.4) is 0 Å². The molecule has 0 aromatic heterocycles. The van der Waals surface area contributed by atoms with Crippen LogP contribution in [0.1, 0.15) is 5.56 Å². The summed E-state index contributed by atoms with van der Waals surface area (Å²) in [5.74, 6) is 0.545. The van der Waals surface area contributed by atoms with E-state index in [1.165, 1.54) is 18.2 Å². The third-order valence-corrected chi connectivity index (χ3v) is 3.47. The van der Waals surface area contributed by atoms with E-state index in [0.29, 0.717) is 18.5 Å². The molecule has 0 saturated heterocycles. The topological polar surface area (TPSA) is 44.5 Å². The lowest BCUT2D eigenvalue weighted by Gasteiger charge is -2.10. The summed E-state index contributed by atoms with van der Waals surface area (Å²) in [5, 5.41) is 0. The number of hydrogen-bond donors (Lipinski definition) is 1. The number of hydrogen-bond acceptors (Lipinski definition) is 3. The molecule has 2 N–H and O–H groups in total. The highest BCUT2D eigenvalue weighted by atomic mass is 19.4. The molecule has 3 nitrogen and oxygen atoms in total. The van der Waals surface area contributed by atoms with E-state index in [4.69, 9.17) is 10.5 Å². The fourth-order valence-corrected chi connectivity index (χ4v) is 2.50. The normalized spacial score (nSPS) is 17.0. The quantitative estimate of drug-likeness (QED) is 0.943. The Labute approximate surface area is 125 Å². The Bertz CT molecular complexity index is 685. The van der Waals surface area contributed by atoms with Crippen LogP contribution in [0.2, 0.25) is 0 Å². The second kappa shape index (κ2) is 5.53. The maximum Gasteiger partial charge on any atom is 0.573 e. The number of nitrogens with two attached hydrogens (primary N) is 1. The predicted octanol–water partition coefficient (Wildman–Crippen LogP) is 3.51. The molecule has 116 valence electrons. The van der Waals surface area contributed by atoms with E-state index >= 15 is 0 Å². The van der Waals surface area contributed by atoms with E-state index in [0.717, 1.165) is 16.9 Å². The fraction of sp³-hybridized carbons (Fsp3) is 0.250. The zero-order valence-corrected chi connectivity index (χ0v) is 11.6. The zero-order chi connectivity index (χ0) is 15.7. The Morgan fingerprint density at radius 1 is 1.14 bits per heavy atom. The van der Waals surface area contributed by atoms with E-state index in [2.05, 4.69) is 4.74 Å². The van der Waals surface area contributed by atoms with Gasteiger partial charge in [0.25, 0.3) is 0 Å². The maximum atomic E-state index is 12.3. The van der Waals surface area contributed by atoms with Gasteiger partial charge in [0.1, 0.15) is 17.6 Å². The molecule has 22 heavy (non-hydrogen) atoms. The average molecular weight is 309 g/mol. The molecule has 0 radical (unpaired) electrons. The van der Waals surface area contributed by atoms with Gasteiger partial charge in [-0.3, -0.25) is 0 Å². The van der Waals surface area contributed by atoms with Crippen LogP contribution in [-0.2, 0) is 6.42 Å². The zero-order valence-electron chi connectivity index (χ0n) is 11.6. The first-order chi connectivity index (χ1) is 10.4. The smallest absolute Gasteiger partial charge is 0.488 e. The van der Waals surface area contributed by atoms with Crippen molar-refractivity contribution in [1.29, 1.82) is 0 Å². The molecule has 3 rings (SSSR count). The highest BCUT2D eigenvalue weighted by Crippen LogP contribution is 2.34. The monoisotopic (exact) mass is 309 g/mol. The first-order valence-electron chi connectivity index (χ1n) is 6.80. The molecule has 1 atom stereocenters. The van der Waals surface area contributed by atoms with E-state index in [9.17, 15) is 13.2 Å². The third-order valence-electron chi connectivity index (χ3n) is 3.47. The molecule has 0 spiro atoms. The van der Waals surface area contributed by atoms with Crippen molar-refractivity contribution in [2.75, 3.05) is 6.54 Å². The minimum atomic E-state index is -4.70. The van der Waals surface area contributed by atoms with Gasteiger partial charge in [0.05, 0.1) is 0 Å². The molecule has 1 aliphatic heterocycles. The molecule has 0 amide bonds. The van der Waals surface area contributed by atoms with Crippen molar-refractivity contribution in [3.8, 4) is 22.6 Å². The molecule has 2 aromatic carbocycles. The average Bonchev–Trinajstić information content (AvgIpc) is 2.87. The molecule has 0 fully saturated rings. The van der Waals surface area contributed by atoms with Gasteiger partial charge in [-0.05, 0) is 41.0 Å². The third kappa shape index (κ3) is 3.17. The van der Waals surface area contributed by atoms with Gasteiger partial charge in [-0.1, -0.05) is 18.2 Å². The minimum absolute atomic E-state index is 0.0369. The standard InChI is InChI=1S/C16H14F3NO2/c17-16(18,19)22-13-3-1-2-10(7-13)11-4-5-15-12(6-11)8-14(9-20)21-15/h1-7,14H,8-9,20H2. The van der Waals surface area contributed by atoms with Gasteiger partial charge in [0, 0.05) is 13.0 Å². The number of ether oxygens (including phenoxy) is 2. The number of rotatable bonds is 3. The van der Waals surface area contributed by atoms with Gasteiger partial charge in [0.2, 0.25) is 0 Å². The van der Waals surface area contributed by atoms with Crippen LogP contribution in [0.25, 0.3) is 11.1 Å². The summed E-state index contributed by atoms with van der Waals surface area (Å²) < 4.78 is 46.4. The molecule has 0 saturated carbocycles. The van der Waals surface area contributed by atoms with Gasteiger partial charge in [-0.15, -0.1) is 13.2 Å². The number of fused-ring (bicyclic) bond motifs is 1. The summed E-state index contributed by atoms with van der Waals surface area (Å²) >= 11 is 0. The number of benzene rings is 2. The maximum absolute atomic E-state index is 12.3. The summed E-state index contributed by atoms with van der Waals surface area (Å²) in [4.78, 5) is 0. The molecular weight excluding hydrogens is 295 g/mol. The van der Waals surface area contributed by atoms with Crippen molar-refractivity contribution in [2.45, 2.75) is 18.9 Å². The molecule has 6 heteroatoms. The van der Waals surface area contributed by atoms with Crippen LogP contribution in [0, 0.1) is 0 Å². The van der Waals surface area contributed by atoms with Crippen molar-refractivity contribution < 1.29 is 22.6 Å². The van der Waals surface area contributed by atoms with Crippen LogP contribution in [0.4, 0.5) is 13.2 Å². The molecule has 2 aromatic rings. The van der Waals surface area contributed by atoms with Gasteiger partial charge in [-0.25, -0.2) is 0 Å². The van der Waals surface area contributed by atoms with E-state index in [-0.39, 0.29) is 11.9 Å². The number of halogens is 3. The Kier molecular flexibility index (Phi) is 3.70. The van der Waals surface area contributed by atoms with Gasteiger partial charge < -0.3 is 15.2 Å². The van der Waals surface area contributed by atoms with E-state index in [1.54, 1.807) is 6.07 Å². The molecular formula is C16H14F3NO2. The molecule has 0 aliphatic carbocycles. The SMILES string of the molecule is NCC1Cc2cc(-c3cccc(OC(F)(F)F)c3)ccc2O1. The van der Waals surface area contributed by atoms with Crippen LogP contribution in [0.15, 0.2) is 42.5 Å². The van der Waals surface area contributed by atoms with Crippen LogP contribution < -0.4 is 15.2 Å². The van der Waals surface area contributed by atoms with Gasteiger partial charge in [-0.2, -0.15) is 0 Å². The molecule has 1 heterocycles. The first-order valence-corrected chi connectivity index (χ1v) is 6.80. The second-order valence-electron chi connectivity index (χ2n) is 5.08. The lowest BCUT2D eigenvalue weighted by atomic mass is 10.0. The fourth-order valence-electron chi connectivity index (χ4n) is 2.50. The Morgan fingerprint density at radius 2 is 1.91 bits per heavy atom. The van der Waals surface area contributed by atoms with Crippen molar-refractivity contribution in [2.24, 2.45) is 5.73 Å². The van der Waals surface area contributed by atoms with Gasteiger partial charge in [0.15, 0.2) is 0 Å². The van der Waals surface area contributed by atoms with Crippen molar-refractivity contribution in [1.82, 2.24) is 0 Å². The molecule has 1 unspecified atom stereocenters. The lowest BCUT2D eigenvalue weighted by molar-refractivity contribution is -0.274. The minimum Gasteiger partial charge on any atom is -0.488 e. The summed E-state index contributed by atoms with van der Waals surface area (Å²) in [7, 11) is 0. The van der Waals surface area contributed by atoms with Crippen molar-refractivity contribution in [3.05, 3.63) is 48.0 Å². The lowest BCUT2D eigenvalue weighted by Crippen LogP contribution is -2.24. The summed E-state index contributed by atoms with van der Waals surface area (Å²) in [5.41, 5.74) is 8.07. The summed E-state index contributed by atoms with van der Waals surface area (Å²) in [6.07, 6.45) is -4.03. The predicted molar refractivity (Wildman–Crippen MR) is 75.7 cm³/mol. The Morgan fingerprint density at radius 3 is 2.64 bits per heavy atom. The second-order valence-corrected chi connectivity index (χ2v) is 5.08. The van der Waals surface area contributed by atoms with Crippen molar-refractivity contribution >= 4 is 0 Å². The highest BCUT2D eigenvalue weighted by molar-refractivity contribution is 5.67. The summed E-state index contributed by atoms with van der Waals surface area (Å²) in [6.45, 7) is 0.429.